The number of nitrogens with zero attached hydrogens (tertiary/aromatic N) is 2. The van der Waals surface area contributed by atoms with Gasteiger partial charge in [0.2, 0.25) is 0 Å². The van der Waals surface area contributed by atoms with E-state index in [-0.39, 0.29) is 5.82 Å². The fourth-order valence-corrected chi connectivity index (χ4v) is 1.96. The van der Waals surface area contributed by atoms with E-state index < -0.39 is 0 Å². The molecule has 1 aromatic heterocycles. The number of rotatable bonds is 4. The molecular weight excluding hydrogens is 267 g/mol. The summed E-state index contributed by atoms with van der Waals surface area (Å²) < 4.78 is 13.0. The molecule has 0 bridgehead atoms. The van der Waals surface area contributed by atoms with Crippen LogP contribution in [0.5, 0.6) is 0 Å². The van der Waals surface area contributed by atoms with Crippen molar-refractivity contribution in [1.82, 2.24) is 9.97 Å². The van der Waals surface area contributed by atoms with Gasteiger partial charge in [0.25, 0.3) is 0 Å². The summed E-state index contributed by atoms with van der Waals surface area (Å²) in [7, 11) is 0. The summed E-state index contributed by atoms with van der Waals surface area (Å²) in [6.07, 6.45) is 3.06. The lowest BCUT2D eigenvalue weighted by Gasteiger charge is -2.12. The van der Waals surface area contributed by atoms with Crippen LogP contribution in [-0.2, 0) is 6.42 Å². The van der Waals surface area contributed by atoms with Gasteiger partial charge in [-0.05, 0) is 24.6 Å². The Labute approximate surface area is 115 Å². The second-order valence-electron chi connectivity index (χ2n) is 4.09. The van der Waals surface area contributed by atoms with Gasteiger partial charge in [0.05, 0.1) is 10.7 Å². The lowest BCUT2D eigenvalue weighted by Crippen LogP contribution is -2.05. The summed E-state index contributed by atoms with van der Waals surface area (Å²) in [5.74, 6) is 0.659. The highest BCUT2D eigenvalue weighted by atomic mass is 35.5. The standard InChI is InChI=1S/C13H14ClFN4/c1-2-3-9-12(16)17-7-18-13(9)19-11-5-4-8(15)6-10(11)14/h4-7H,2-3H2,1H3,(H3,16,17,18,19). The van der Waals surface area contributed by atoms with E-state index in [1.165, 1.54) is 18.5 Å². The van der Waals surface area contributed by atoms with Crippen LogP contribution in [0.2, 0.25) is 5.02 Å². The minimum absolute atomic E-state index is 0.291. The Balaban J connectivity index is 2.35. The van der Waals surface area contributed by atoms with Crippen molar-refractivity contribution >= 4 is 28.9 Å². The SMILES string of the molecule is CCCc1c(N)ncnc1Nc1ccc(F)cc1Cl. The van der Waals surface area contributed by atoms with Crippen LogP contribution in [0.4, 0.5) is 21.7 Å². The van der Waals surface area contributed by atoms with E-state index in [1.807, 2.05) is 6.92 Å². The molecule has 6 heteroatoms. The number of hydrogen-bond donors (Lipinski definition) is 2. The van der Waals surface area contributed by atoms with Crippen LogP contribution in [0.15, 0.2) is 24.5 Å². The first kappa shape index (κ1) is 13.5. The normalized spacial score (nSPS) is 10.5. The maximum atomic E-state index is 13.0. The van der Waals surface area contributed by atoms with Crippen LogP contribution in [0.1, 0.15) is 18.9 Å². The first-order valence-electron chi connectivity index (χ1n) is 5.93. The number of nitrogen functional groups attached to an aromatic ring is 1. The average molecular weight is 281 g/mol. The Morgan fingerprint density at radius 3 is 2.84 bits per heavy atom. The van der Waals surface area contributed by atoms with Crippen molar-refractivity contribution in [2.24, 2.45) is 0 Å². The molecule has 2 rings (SSSR count). The second kappa shape index (κ2) is 5.84. The zero-order valence-electron chi connectivity index (χ0n) is 10.5. The average Bonchev–Trinajstić information content (AvgIpc) is 2.37. The molecule has 19 heavy (non-hydrogen) atoms. The van der Waals surface area contributed by atoms with Crippen LogP contribution in [0, 0.1) is 5.82 Å². The third-order valence-corrected chi connectivity index (χ3v) is 2.98. The summed E-state index contributed by atoms with van der Waals surface area (Å²) in [5.41, 5.74) is 7.26. The van der Waals surface area contributed by atoms with Crippen molar-refractivity contribution in [3.8, 4) is 0 Å². The van der Waals surface area contributed by atoms with Crippen LogP contribution < -0.4 is 11.1 Å². The number of halogens is 2. The molecule has 100 valence electrons. The van der Waals surface area contributed by atoms with Crippen molar-refractivity contribution < 1.29 is 4.39 Å². The number of nitrogens with two attached hydrogens (primary N) is 1. The summed E-state index contributed by atoms with van der Waals surface area (Å²) in [4.78, 5) is 8.13. The van der Waals surface area contributed by atoms with Crippen LogP contribution in [0.25, 0.3) is 0 Å². The fraction of sp³-hybridized carbons (Fsp3) is 0.231. The molecule has 0 saturated heterocycles. The third kappa shape index (κ3) is 3.12. The van der Waals surface area contributed by atoms with E-state index in [9.17, 15) is 4.39 Å². The molecular formula is C13H14ClFN4. The predicted molar refractivity (Wildman–Crippen MR) is 75.1 cm³/mol. The summed E-state index contributed by atoms with van der Waals surface area (Å²) in [6, 6.07) is 4.14. The molecule has 4 nitrogen and oxygen atoms in total. The summed E-state index contributed by atoms with van der Waals surface area (Å²) in [5, 5.41) is 3.36. The van der Waals surface area contributed by atoms with Gasteiger partial charge >= 0.3 is 0 Å². The molecule has 3 N–H and O–H groups in total. The first-order valence-corrected chi connectivity index (χ1v) is 6.31. The molecule has 0 fully saturated rings. The van der Waals surface area contributed by atoms with Crippen LogP contribution in [0.3, 0.4) is 0 Å². The Morgan fingerprint density at radius 2 is 2.16 bits per heavy atom. The second-order valence-corrected chi connectivity index (χ2v) is 4.49. The number of aromatic nitrogens is 2. The van der Waals surface area contributed by atoms with Gasteiger partial charge in [-0.1, -0.05) is 24.9 Å². The van der Waals surface area contributed by atoms with E-state index in [0.717, 1.165) is 18.4 Å². The van der Waals surface area contributed by atoms with Crippen molar-refractivity contribution in [2.45, 2.75) is 19.8 Å². The van der Waals surface area contributed by atoms with Gasteiger partial charge in [-0.2, -0.15) is 0 Å². The highest BCUT2D eigenvalue weighted by Gasteiger charge is 2.10. The molecule has 0 saturated carbocycles. The van der Waals surface area contributed by atoms with Gasteiger partial charge in [-0.25, -0.2) is 14.4 Å². The van der Waals surface area contributed by atoms with Crippen molar-refractivity contribution in [3.05, 3.63) is 40.9 Å². The summed E-state index contributed by atoms with van der Waals surface area (Å²) >= 11 is 5.97. The van der Waals surface area contributed by atoms with E-state index in [4.69, 9.17) is 17.3 Å². The molecule has 1 heterocycles. The largest absolute Gasteiger partial charge is 0.383 e. The van der Waals surface area contributed by atoms with Crippen molar-refractivity contribution in [3.63, 3.8) is 0 Å². The Hall–Kier alpha value is -1.88. The number of benzene rings is 1. The molecule has 0 aliphatic rings. The lowest BCUT2D eigenvalue weighted by molar-refractivity contribution is 0.628. The van der Waals surface area contributed by atoms with E-state index >= 15 is 0 Å². The Morgan fingerprint density at radius 1 is 1.37 bits per heavy atom. The highest BCUT2D eigenvalue weighted by molar-refractivity contribution is 6.33. The number of hydrogen-bond acceptors (Lipinski definition) is 4. The minimum Gasteiger partial charge on any atom is -0.383 e. The van der Waals surface area contributed by atoms with Crippen LogP contribution in [-0.4, -0.2) is 9.97 Å². The topological polar surface area (TPSA) is 63.8 Å². The molecule has 0 aliphatic carbocycles. The maximum Gasteiger partial charge on any atom is 0.139 e. The van der Waals surface area contributed by atoms with Crippen molar-refractivity contribution in [2.75, 3.05) is 11.1 Å². The Kier molecular flexibility index (Phi) is 4.16. The molecule has 0 spiro atoms. The maximum absolute atomic E-state index is 13.0. The molecule has 0 atom stereocenters. The van der Waals surface area contributed by atoms with Gasteiger partial charge in [-0.3, -0.25) is 0 Å². The third-order valence-electron chi connectivity index (χ3n) is 2.66. The van der Waals surface area contributed by atoms with E-state index in [1.54, 1.807) is 6.07 Å². The minimum atomic E-state index is -0.383. The molecule has 1 aromatic carbocycles. The smallest absolute Gasteiger partial charge is 0.139 e. The van der Waals surface area contributed by atoms with E-state index in [2.05, 4.69) is 15.3 Å². The molecule has 2 aromatic rings. The van der Waals surface area contributed by atoms with Gasteiger partial charge < -0.3 is 11.1 Å². The lowest BCUT2D eigenvalue weighted by atomic mass is 10.1. The zero-order chi connectivity index (χ0) is 13.8. The molecule has 0 aliphatic heterocycles. The quantitative estimate of drug-likeness (QED) is 0.899. The van der Waals surface area contributed by atoms with Crippen LogP contribution >= 0.6 is 11.6 Å². The summed E-state index contributed by atoms with van der Waals surface area (Å²) in [6.45, 7) is 2.04. The van der Waals surface area contributed by atoms with Crippen molar-refractivity contribution in [1.29, 1.82) is 0 Å². The Bertz CT molecular complexity index is 589. The number of anilines is 3. The van der Waals surface area contributed by atoms with Gasteiger partial charge in [0.1, 0.15) is 23.8 Å². The fourth-order valence-electron chi connectivity index (χ4n) is 1.75. The predicted octanol–water partition coefficient (Wildman–Crippen LogP) is 3.55. The molecule has 0 unspecified atom stereocenters. The zero-order valence-corrected chi connectivity index (χ0v) is 11.2. The van der Waals surface area contributed by atoms with Gasteiger partial charge in [-0.15, -0.1) is 0 Å². The first-order chi connectivity index (χ1) is 9.11. The molecule has 0 radical (unpaired) electrons. The van der Waals surface area contributed by atoms with E-state index in [0.29, 0.717) is 22.3 Å². The monoisotopic (exact) mass is 280 g/mol. The highest BCUT2D eigenvalue weighted by Crippen LogP contribution is 2.28. The number of nitrogens with one attached hydrogen (secondary N) is 1. The van der Waals surface area contributed by atoms with Gasteiger partial charge in [0.15, 0.2) is 0 Å². The van der Waals surface area contributed by atoms with Gasteiger partial charge in [0, 0.05) is 5.56 Å². The molecule has 0 amide bonds.